The number of hydrogen-bond acceptors (Lipinski definition) is 5. The number of pyridine rings is 1. The van der Waals surface area contributed by atoms with Crippen molar-refractivity contribution in [1.82, 2.24) is 15.0 Å². The summed E-state index contributed by atoms with van der Waals surface area (Å²) >= 11 is 0. The zero-order valence-electron chi connectivity index (χ0n) is 8.21. The highest BCUT2D eigenvalue weighted by atomic mass is 16.5. The molecule has 0 aliphatic rings. The lowest BCUT2D eigenvalue weighted by Crippen LogP contribution is -1.94. The van der Waals surface area contributed by atoms with Crippen LogP contribution in [-0.2, 0) is 0 Å². The van der Waals surface area contributed by atoms with Gasteiger partial charge in [-0.15, -0.1) is 0 Å². The van der Waals surface area contributed by atoms with Crippen LogP contribution in [0, 0.1) is 0 Å². The molecule has 2 heterocycles. The summed E-state index contributed by atoms with van der Waals surface area (Å²) in [7, 11) is 1.60. The van der Waals surface area contributed by atoms with Gasteiger partial charge in [-0.25, -0.2) is 9.97 Å². The van der Waals surface area contributed by atoms with E-state index in [9.17, 15) is 0 Å². The van der Waals surface area contributed by atoms with E-state index < -0.39 is 0 Å². The maximum absolute atomic E-state index is 5.49. The van der Waals surface area contributed by atoms with Crippen molar-refractivity contribution in [2.75, 3.05) is 12.8 Å². The van der Waals surface area contributed by atoms with Gasteiger partial charge in [0, 0.05) is 12.3 Å². The summed E-state index contributed by atoms with van der Waals surface area (Å²) in [6.07, 6.45) is 4.74. The summed E-state index contributed by atoms with van der Waals surface area (Å²) in [5, 5.41) is 0. The second-order valence-electron chi connectivity index (χ2n) is 2.92. The Morgan fingerprint density at radius 1 is 1.20 bits per heavy atom. The third kappa shape index (κ3) is 2.01. The van der Waals surface area contributed by atoms with Gasteiger partial charge < -0.3 is 10.5 Å². The van der Waals surface area contributed by atoms with Gasteiger partial charge >= 0.3 is 0 Å². The van der Waals surface area contributed by atoms with Crippen LogP contribution in [0.1, 0.15) is 0 Å². The normalized spacial score (nSPS) is 9.93. The zero-order valence-corrected chi connectivity index (χ0v) is 8.21. The van der Waals surface area contributed by atoms with Gasteiger partial charge in [0.1, 0.15) is 11.4 Å². The summed E-state index contributed by atoms with van der Waals surface area (Å²) < 4.78 is 5.08. The average molecular weight is 202 g/mol. The van der Waals surface area contributed by atoms with E-state index in [2.05, 4.69) is 15.0 Å². The number of methoxy groups -OCH3 is 1. The first-order valence-corrected chi connectivity index (χ1v) is 4.37. The van der Waals surface area contributed by atoms with Crippen LogP contribution in [-0.4, -0.2) is 22.1 Å². The van der Waals surface area contributed by atoms with Crippen molar-refractivity contribution >= 4 is 5.69 Å². The molecule has 2 N–H and O–H groups in total. The molecule has 0 aliphatic carbocycles. The standard InChI is InChI=1S/C10H10N4O/c1-15-8-2-3-12-9(4-8)10-13-5-7(11)6-14-10/h2-6H,11H2,1H3. The van der Waals surface area contributed by atoms with E-state index in [0.29, 0.717) is 17.2 Å². The molecule has 2 aromatic rings. The van der Waals surface area contributed by atoms with Crippen molar-refractivity contribution in [1.29, 1.82) is 0 Å². The topological polar surface area (TPSA) is 73.9 Å². The minimum atomic E-state index is 0.529. The number of aromatic nitrogens is 3. The van der Waals surface area contributed by atoms with Crippen molar-refractivity contribution in [3.05, 3.63) is 30.7 Å². The van der Waals surface area contributed by atoms with E-state index in [4.69, 9.17) is 10.5 Å². The van der Waals surface area contributed by atoms with Crippen LogP contribution in [0.2, 0.25) is 0 Å². The van der Waals surface area contributed by atoms with E-state index in [1.165, 1.54) is 0 Å². The number of anilines is 1. The molecule has 5 nitrogen and oxygen atoms in total. The lowest BCUT2D eigenvalue weighted by Gasteiger charge is -2.02. The molecule has 0 amide bonds. The second kappa shape index (κ2) is 3.91. The fourth-order valence-corrected chi connectivity index (χ4v) is 1.13. The lowest BCUT2D eigenvalue weighted by atomic mass is 10.3. The molecular weight excluding hydrogens is 192 g/mol. The van der Waals surface area contributed by atoms with Gasteiger partial charge in [0.25, 0.3) is 0 Å². The van der Waals surface area contributed by atoms with E-state index in [1.807, 2.05) is 0 Å². The van der Waals surface area contributed by atoms with Crippen molar-refractivity contribution in [2.45, 2.75) is 0 Å². The quantitative estimate of drug-likeness (QED) is 0.790. The van der Waals surface area contributed by atoms with Gasteiger partial charge in [0.2, 0.25) is 0 Å². The largest absolute Gasteiger partial charge is 0.497 e. The van der Waals surface area contributed by atoms with Crippen LogP contribution >= 0.6 is 0 Å². The highest BCUT2D eigenvalue weighted by Gasteiger charge is 2.03. The first-order valence-electron chi connectivity index (χ1n) is 4.37. The molecule has 2 aromatic heterocycles. The monoisotopic (exact) mass is 202 g/mol. The van der Waals surface area contributed by atoms with Crippen molar-refractivity contribution in [2.24, 2.45) is 0 Å². The SMILES string of the molecule is COc1ccnc(-c2ncc(N)cn2)c1. The van der Waals surface area contributed by atoms with Gasteiger partial charge in [-0.3, -0.25) is 4.98 Å². The van der Waals surface area contributed by atoms with Crippen LogP contribution < -0.4 is 10.5 Å². The first-order chi connectivity index (χ1) is 7.29. The van der Waals surface area contributed by atoms with Crippen LogP contribution in [0.5, 0.6) is 5.75 Å². The maximum atomic E-state index is 5.49. The van der Waals surface area contributed by atoms with Crippen molar-refractivity contribution in [3.63, 3.8) is 0 Å². The molecule has 76 valence electrons. The number of rotatable bonds is 2. The Balaban J connectivity index is 2.40. The Kier molecular flexibility index (Phi) is 2.45. The molecule has 0 saturated carbocycles. The van der Waals surface area contributed by atoms with Gasteiger partial charge in [-0.05, 0) is 6.07 Å². The number of nitrogens with zero attached hydrogens (tertiary/aromatic N) is 3. The van der Waals surface area contributed by atoms with Crippen molar-refractivity contribution < 1.29 is 4.74 Å². The second-order valence-corrected chi connectivity index (χ2v) is 2.92. The van der Waals surface area contributed by atoms with Crippen molar-refractivity contribution in [3.8, 4) is 17.3 Å². The Morgan fingerprint density at radius 3 is 2.60 bits per heavy atom. The number of ether oxygens (including phenoxy) is 1. The third-order valence-corrected chi connectivity index (χ3v) is 1.87. The fraction of sp³-hybridized carbons (Fsp3) is 0.100. The van der Waals surface area contributed by atoms with Gasteiger partial charge in [-0.2, -0.15) is 0 Å². The molecular formula is C10H10N4O. The Hall–Kier alpha value is -2.17. The Bertz CT molecular complexity index is 455. The molecule has 0 aliphatic heterocycles. The van der Waals surface area contributed by atoms with E-state index in [1.54, 1.807) is 37.8 Å². The van der Waals surface area contributed by atoms with Gasteiger partial charge in [0.15, 0.2) is 5.82 Å². The van der Waals surface area contributed by atoms with Crippen LogP contribution in [0.3, 0.4) is 0 Å². The van der Waals surface area contributed by atoms with E-state index in [-0.39, 0.29) is 0 Å². The summed E-state index contributed by atoms with van der Waals surface area (Å²) in [6.45, 7) is 0. The average Bonchev–Trinajstić information content (AvgIpc) is 2.30. The number of nitrogens with two attached hydrogens (primary N) is 1. The zero-order chi connectivity index (χ0) is 10.7. The summed E-state index contributed by atoms with van der Waals surface area (Å²) in [5.41, 5.74) is 6.68. The molecule has 5 heteroatoms. The molecule has 0 spiro atoms. The molecule has 2 rings (SSSR count). The molecule has 0 aromatic carbocycles. The molecule has 0 radical (unpaired) electrons. The third-order valence-electron chi connectivity index (χ3n) is 1.87. The van der Waals surface area contributed by atoms with Crippen LogP contribution in [0.25, 0.3) is 11.5 Å². The molecule has 0 unspecified atom stereocenters. The fourth-order valence-electron chi connectivity index (χ4n) is 1.13. The maximum Gasteiger partial charge on any atom is 0.178 e. The van der Waals surface area contributed by atoms with Gasteiger partial charge in [-0.1, -0.05) is 0 Å². The molecule has 0 atom stereocenters. The Labute approximate surface area is 87.0 Å². The minimum Gasteiger partial charge on any atom is -0.497 e. The predicted octanol–water partition coefficient (Wildman–Crippen LogP) is 1.13. The summed E-state index contributed by atoms with van der Waals surface area (Å²) in [5.74, 6) is 1.25. The number of hydrogen-bond donors (Lipinski definition) is 1. The van der Waals surface area contributed by atoms with Crippen LogP contribution in [0.4, 0.5) is 5.69 Å². The molecule has 15 heavy (non-hydrogen) atoms. The lowest BCUT2D eigenvalue weighted by molar-refractivity contribution is 0.414. The van der Waals surface area contributed by atoms with E-state index >= 15 is 0 Å². The Morgan fingerprint density at radius 2 is 1.93 bits per heavy atom. The minimum absolute atomic E-state index is 0.529. The molecule has 0 saturated heterocycles. The van der Waals surface area contributed by atoms with Crippen LogP contribution in [0.15, 0.2) is 30.7 Å². The summed E-state index contributed by atoms with van der Waals surface area (Å²) in [6, 6.07) is 3.53. The highest BCUT2D eigenvalue weighted by molar-refractivity contribution is 5.52. The molecule has 0 fully saturated rings. The number of nitrogen functional groups attached to an aromatic ring is 1. The highest BCUT2D eigenvalue weighted by Crippen LogP contribution is 2.17. The smallest absolute Gasteiger partial charge is 0.178 e. The first kappa shape index (κ1) is 9.39. The summed E-state index contributed by atoms with van der Waals surface area (Å²) in [4.78, 5) is 12.3. The van der Waals surface area contributed by atoms with Gasteiger partial charge in [0.05, 0.1) is 25.2 Å². The predicted molar refractivity (Wildman–Crippen MR) is 56.2 cm³/mol. The van der Waals surface area contributed by atoms with E-state index in [0.717, 1.165) is 5.75 Å². The molecule has 0 bridgehead atoms.